The first-order valence-electron chi connectivity index (χ1n) is 9.45. The van der Waals surface area contributed by atoms with E-state index in [0.29, 0.717) is 35.3 Å². The van der Waals surface area contributed by atoms with E-state index in [9.17, 15) is 9.59 Å². The molecule has 1 aliphatic heterocycles. The van der Waals surface area contributed by atoms with E-state index in [1.54, 1.807) is 28.8 Å². The van der Waals surface area contributed by atoms with Crippen LogP contribution in [0.1, 0.15) is 23.8 Å². The van der Waals surface area contributed by atoms with Gasteiger partial charge in [0, 0.05) is 46.7 Å². The number of carbonyl (C=O) groups excluding carboxylic acids is 2. The molecule has 6 nitrogen and oxygen atoms in total. The van der Waals surface area contributed by atoms with Gasteiger partial charge in [-0.3, -0.25) is 9.59 Å². The van der Waals surface area contributed by atoms with Gasteiger partial charge in [0.2, 0.25) is 16.9 Å². The quantitative estimate of drug-likeness (QED) is 0.513. The monoisotopic (exact) mass is 458 g/mol. The molecule has 154 valence electrons. The Morgan fingerprint density at radius 1 is 1.17 bits per heavy atom. The molecule has 9 heteroatoms. The van der Waals surface area contributed by atoms with Gasteiger partial charge in [-0.25, -0.2) is 0 Å². The van der Waals surface area contributed by atoms with E-state index in [0.717, 1.165) is 15.6 Å². The van der Waals surface area contributed by atoms with Crippen LogP contribution < -0.4 is 10.2 Å². The molecule has 4 rings (SSSR count). The number of carbonyl (C=O) groups is 2. The molecule has 2 aromatic carbocycles. The van der Waals surface area contributed by atoms with Crippen molar-refractivity contribution in [2.24, 2.45) is 0 Å². The maximum atomic E-state index is 12.4. The van der Waals surface area contributed by atoms with Crippen molar-refractivity contribution in [2.45, 2.75) is 23.7 Å². The third-order valence-electron chi connectivity index (χ3n) is 4.64. The number of hydrogen-bond acceptors (Lipinski definition) is 6. The standard InChI is InChI=1S/C21H19ClN4O2S2/c22-15-6-8-16(9-7-15)26-13-14(12-19(26)28)20-24-25-21(30-20)23-18(27)10-11-29-17-4-2-1-3-5-17/h1-9,14H,10-13H2,(H,23,25,27). The van der Waals surface area contributed by atoms with E-state index in [1.165, 1.54) is 11.3 Å². The van der Waals surface area contributed by atoms with Crippen LogP contribution in [0.5, 0.6) is 0 Å². The summed E-state index contributed by atoms with van der Waals surface area (Å²) in [5.74, 6) is 0.603. The number of hydrogen-bond donors (Lipinski definition) is 1. The van der Waals surface area contributed by atoms with Gasteiger partial charge in [-0.15, -0.1) is 22.0 Å². The highest BCUT2D eigenvalue weighted by atomic mass is 35.5. The van der Waals surface area contributed by atoms with Gasteiger partial charge in [0.25, 0.3) is 0 Å². The highest BCUT2D eigenvalue weighted by molar-refractivity contribution is 7.99. The average Bonchev–Trinajstić information content (AvgIpc) is 3.36. The molecule has 1 unspecified atom stereocenters. The predicted molar refractivity (Wildman–Crippen MR) is 121 cm³/mol. The lowest BCUT2D eigenvalue weighted by Crippen LogP contribution is -2.24. The molecular weight excluding hydrogens is 440 g/mol. The zero-order valence-electron chi connectivity index (χ0n) is 16.0. The lowest BCUT2D eigenvalue weighted by Gasteiger charge is -2.16. The Morgan fingerprint density at radius 2 is 1.93 bits per heavy atom. The molecule has 0 spiro atoms. The van der Waals surface area contributed by atoms with Crippen molar-refractivity contribution in [3.05, 3.63) is 64.6 Å². The van der Waals surface area contributed by atoms with Crippen LogP contribution in [0.25, 0.3) is 0 Å². The summed E-state index contributed by atoms with van der Waals surface area (Å²) in [6, 6.07) is 17.2. The van der Waals surface area contributed by atoms with Crippen molar-refractivity contribution >= 4 is 57.3 Å². The van der Waals surface area contributed by atoms with Gasteiger partial charge >= 0.3 is 0 Å². The van der Waals surface area contributed by atoms with Crippen LogP contribution in [0.3, 0.4) is 0 Å². The van der Waals surface area contributed by atoms with Crippen LogP contribution in [-0.2, 0) is 9.59 Å². The van der Waals surface area contributed by atoms with E-state index in [1.807, 2.05) is 42.5 Å². The van der Waals surface area contributed by atoms with Crippen LogP contribution in [0.15, 0.2) is 59.5 Å². The lowest BCUT2D eigenvalue weighted by atomic mass is 10.1. The van der Waals surface area contributed by atoms with Crippen LogP contribution in [0, 0.1) is 0 Å². The molecule has 2 amide bonds. The van der Waals surface area contributed by atoms with Gasteiger partial charge in [0.15, 0.2) is 0 Å². The van der Waals surface area contributed by atoms with Crippen molar-refractivity contribution in [1.82, 2.24) is 10.2 Å². The topological polar surface area (TPSA) is 75.2 Å². The Balaban J connectivity index is 1.30. The second-order valence-electron chi connectivity index (χ2n) is 6.79. The smallest absolute Gasteiger partial charge is 0.227 e. The van der Waals surface area contributed by atoms with Crippen LogP contribution in [0.2, 0.25) is 5.02 Å². The van der Waals surface area contributed by atoms with Crippen molar-refractivity contribution < 1.29 is 9.59 Å². The largest absolute Gasteiger partial charge is 0.312 e. The fourth-order valence-electron chi connectivity index (χ4n) is 3.15. The van der Waals surface area contributed by atoms with Crippen LogP contribution in [0.4, 0.5) is 10.8 Å². The number of amides is 2. The molecule has 1 fully saturated rings. The molecule has 1 aromatic heterocycles. The van der Waals surface area contributed by atoms with Crippen molar-refractivity contribution in [3.8, 4) is 0 Å². The van der Waals surface area contributed by atoms with E-state index < -0.39 is 0 Å². The minimum absolute atomic E-state index is 0.0371. The Kier molecular flexibility index (Phi) is 6.66. The minimum Gasteiger partial charge on any atom is -0.312 e. The zero-order valence-corrected chi connectivity index (χ0v) is 18.3. The van der Waals surface area contributed by atoms with E-state index in [-0.39, 0.29) is 17.7 Å². The van der Waals surface area contributed by atoms with Gasteiger partial charge in [-0.1, -0.05) is 41.1 Å². The van der Waals surface area contributed by atoms with Crippen molar-refractivity contribution in [1.29, 1.82) is 0 Å². The summed E-state index contributed by atoms with van der Waals surface area (Å²) in [7, 11) is 0. The maximum absolute atomic E-state index is 12.4. The third kappa shape index (κ3) is 5.19. The first-order valence-corrected chi connectivity index (χ1v) is 11.6. The highest BCUT2D eigenvalue weighted by Crippen LogP contribution is 2.34. The predicted octanol–water partition coefficient (Wildman–Crippen LogP) is 4.83. The van der Waals surface area contributed by atoms with Gasteiger partial charge in [-0.2, -0.15) is 0 Å². The summed E-state index contributed by atoms with van der Waals surface area (Å²) in [5, 5.41) is 13.0. The summed E-state index contributed by atoms with van der Waals surface area (Å²) < 4.78 is 0. The molecule has 2 heterocycles. The van der Waals surface area contributed by atoms with E-state index in [4.69, 9.17) is 11.6 Å². The van der Waals surface area contributed by atoms with Crippen molar-refractivity contribution in [3.63, 3.8) is 0 Å². The van der Waals surface area contributed by atoms with Crippen LogP contribution in [-0.4, -0.2) is 34.3 Å². The molecule has 0 bridgehead atoms. The van der Waals surface area contributed by atoms with E-state index >= 15 is 0 Å². The first-order chi connectivity index (χ1) is 14.6. The van der Waals surface area contributed by atoms with E-state index in [2.05, 4.69) is 15.5 Å². The molecular formula is C21H19ClN4O2S2. The molecule has 1 N–H and O–H groups in total. The number of thioether (sulfide) groups is 1. The normalized spacial score (nSPS) is 16.1. The van der Waals surface area contributed by atoms with Gasteiger partial charge < -0.3 is 10.2 Å². The Morgan fingerprint density at radius 3 is 2.70 bits per heavy atom. The second kappa shape index (κ2) is 9.59. The lowest BCUT2D eigenvalue weighted by molar-refractivity contribution is -0.117. The number of anilines is 2. The number of benzene rings is 2. The highest BCUT2D eigenvalue weighted by Gasteiger charge is 2.33. The molecule has 3 aromatic rings. The molecule has 1 atom stereocenters. The van der Waals surface area contributed by atoms with Crippen molar-refractivity contribution in [2.75, 3.05) is 22.5 Å². The van der Waals surface area contributed by atoms with Crippen LogP contribution >= 0.6 is 34.7 Å². The zero-order chi connectivity index (χ0) is 20.9. The first kappa shape index (κ1) is 20.8. The Bertz CT molecular complexity index is 1030. The summed E-state index contributed by atoms with van der Waals surface area (Å²) in [5.41, 5.74) is 0.820. The molecule has 0 aliphatic carbocycles. The Labute approximate surface area is 187 Å². The number of rotatable bonds is 7. The number of nitrogens with one attached hydrogen (secondary N) is 1. The van der Waals surface area contributed by atoms with Gasteiger partial charge in [0.05, 0.1) is 0 Å². The number of aromatic nitrogens is 2. The summed E-state index contributed by atoms with van der Waals surface area (Å²) in [6.45, 7) is 0.538. The maximum Gasteiger partial charge on any atom is 0.227 e. The Hall–Kier alpha value is -2.42. The SMILES string of the molecule is O=C(CCSc1ccccc1)Nc1nnc(C2CC(=O)N(c3ccc(Cl)cc3)C2)s1. The molecule has 1 saturated heterocycles. The molecule has 0 saturated carbocycles. The summed E-state index contributed by atoms with van der Waals surface area (Å²) in [4.78, 5) is 27.5. The molecule has 1 aliphatic rings. The molecule has 0 radical (unpaired) electrons. The fourth-order valence-corrected chi connectivity index (χ4v) is 5.00. The summed E-state index contributed by atoms with van der Waals surface area (Å²) >= 11 is 8.90. The third-order valence-corrected chi connectivity index (χ3v) is 6.91. The van der Waals surface area contributed by atoms with Gasteiger partial charge in [0.1, 0.15) is 5.01 Å². The number of halogens is 1. The second-order valence-corrected chi connectivity index (χ2v) is 9.40. The molecule has 30 heavy (non-hydrogen) atoms. The average molecular weight is 459 g/mol. The summed E-state index contributed by atoms with van der Waals surface area (Å²) in [6.07, 6.45) is 0.764. The minimum atomic E-state index is -0.0913. The van der Waals surface area contributed by atoms with Gasteiger partial charge in [-0.05, 0) is 36.4 Å². The fraction of sp³-hybridized carbons (Fsp3) is 0.238. The number of nitrogens with zero attached hydrogens (tertiary/aromatic N) is 3.